The lowest BCUT2D eigenvalue weighted by atomic mass is 9.98. The van der Waals surface area contributed by atoms with Gasteiger partial charge in [0.2, 0.25) is 11.8 Å². The van der Waals surface area contributed by atoms with E-state index in [2.05, 4.69) is 5.32 Å². The summed E-state index contributed by atoms with van der Waals surface area (Å²) in [5, 5.41) is 3.16. The van der Waals surface area contributed by atoms with Crippen molar-refractivity contribution in [2.75, 3.05) is 11.4 Å². The van der Waals surface area contributed by atoms with Gasteiger partial charge in [-0.05, 0) is 24.1 Å². The van der Waals surface area contributed by atoms with Crippen molar-refractivity contribution in [3.05, 3.63) is 29.3 Å². The van der Waals surface area contributed by atoms with Gasteiger partial charge in [0, 0.05) is 10.7 Å². The largest absolute Gasteiger partial charge is 0.345 e. The molecule has 2 rings (SSSR count). The molecule has 0 spiro atoms. The number of nitrogens with one attached hydrogen (secondary N) is 1. The molecule has 0 bridgehead atoms. The molecule has 1 aliphatic rings. The molecule has 4 nitrogen and oxygen atoms in total. The molecular formula is C13H15ClN2O2. The van der Waals surface area contributed by atoms with E-state index in [9.17, 15) is 9.59 Å². The first-order valence-corrected chi connectivity index (χ1v) is 6.24. The molecule has 0 radical (unpaired) electrons. The summed E-state index contributed by atoms with van der Waals surface area (Å²) in [5.74, 6) is -0.201. The van der Waals surface area contributed by atoms with Crippen LogP contribution in [0.25, 0.3) is 0 Å². The van der Waals surface area contributed by atoms with E-state index in [0.29, 0.717) is 10.7 Å². The number of amides is 2. The highest BCUT2D eigenvalue weighted by atomic mass is 35.5. The fraction of sp³-hybridized carbons (Fsp3) is 0.385. The van der Waals surface area contributed by atoms with Gasteiger partial charge in [-0.3, -0.25) is 14.5 Å². The summed E-state index contributed by atoms with van der Waals surface area (Å²) in [6.07, 6.45) is 0. The Bertz CT molecular complexity index is 488. The van der Waals surface area contributed by atoms with Crippen LogP contribution < -0.4 is 10.2 Å². The Hall–Kier alpha value is -1.55. The number of hydrogen-bond acceptors (Lipinski definition) is 2. The number of rotatable bonds is 2. The van der Waals surface area contributed by atoms with E-state index in [-0.39, 0.29) is 24.3 Å². The number of benzene rings is 1. The van der Waals surface area contributed by atoms with Crippen molar-refractivity contribution in [3.63, 3.8) is 0 Å². The van der Waals surface area contributed by atoms with Crippen LogP contribution in [0.1, 0.15) is 13.8 Å². The van der Waals surface area contributed by atoms with Crippen molar-refractivity contribution < 1.29 is 9.59 Å². The highest BCUT2D eigenvalue weighted by Gasteiger charge is 2.37. The molecule has 1 aromatic carbocycles. The Morgan fingerprint density at radius 3 is 2.72 bits per heavy atom. The van der Waals surface area contributed by atoms with Gasteiger partial charge in [-0.2, -0.15) is 0 Å². The maximum atomic E-state index is 12.0. The van der Waals surface area contributed by atoms with Crippen LogP contribution in [0, 0.1) is 5.92 Å². The van der Waals surface area contributed by atoms with Gasteiger partial charge in [-0.15, -0.1) is 0 Å². The molecule has 1 fully saturated rings. The van der Waals surface area contributed by atoms with E-state index in [4.69, 9.17) is 11.6 Å². The predicted octanol–water partition coefficient (Wildman–Crippen LogP) is 1.83. The lowest BCUT2D eigenvalue weighted by molar-refractivity contribution is -0.131. The quantitative estimate of drug-likeness (QED) is 0.888. The van der Waals surface area contributed by atoms with Crippen molar-refractivity contribution in [3.8, 4) is 0 Å². The first-order valence-electron chi connectivity index (χ1n) is 5.86. The average molecular weight is 267 g/mol. The standard InChI is InChI=1S/C13H15ClN2O2/c1-8(2)12-13(18)15-7-11(17)16(12)10-5-3-4-9(14)6-10/h3-6,8,12H,7H2,1-2H3,(H,15,18). The van der Waals surface area contributed by atoms with Gasteiger partial charge in [0.25, 0.3) is 0 Å². The van der Waals surface area contributed by atoms with Crippen LogP contribution in [0.5, 0.6) is 0 Å². The Morgan fingerprint density at radius 2 is 2.11 bits per heavy atom. The van der Waals surface area contributed by atoms with Gasteiger partial charge in [0.05, 0.1) is 6.54 Å². The number of carbonyl (C=O) groups excluding carboxylic acids is 2. The Balaban J connectivity index is 2.43. The molecule has 1 atom stereocenters. The molecule has 96 valence electrons. The molecule has 1 unspecified atom stereocenters. The molecule has 1 aromatic rings. The summed E-state index contributed by atoms with van der Waals surface area (Å²) in [6.45, 7) is 3.87. The number of carbonyl (C=O) groups is 2. The Kier molecular flexibility index (Phi) is 3.57. The van der Waals surface area contributed by atoms with Crippen LogP contribution in [-0.4, -0.2) is 24.4 Å². The maximum Gasteiger partial charge on any atom is 0.247 e. The molecule has 1 saturated heterocycles. The average Bonchev–Trinajstić information content (AvgIpc) is 2.31. The first kappa shape index (κ1) is 12.9. The fourth-order valence-electron chi connectivity index (χ4n) is 2.16. The topological polar surface area (TPSA) is 49.4 Å². The van der Waals surface area contributed by atoms with E-state index in [1.54, 1.807) is 24.3 Å². The lowest BCUT2D eigenvalue weighted by Crippen LogP contribution is -2.60. The number of anilines is 1. The molecule has 5 heteroatoms. The second kappa shape index (κ2) is 4.98. The van der Waals surface area contributed by atoms with Crippen LogP contribution in [0.4, 0.5) is 5.69 Å². The minimum Gasteiger partial charge on any atom is -0.345 e. The van der Waals surface area contributed by atoms with Gasteiger partial charge in [0.1, 0.15) is 6.04 Å². The third-order valence-corrected chi connectivity index (χ3v) is 3.18. The van der Waals surface area contributed by atoms with Crippen molar-refractivity contribution in [2.45, 2.75) is 19.9 Å². The summed E-state index contributed by atoms with van der Waals surface area (Å²) >= 11 is 5.94. The van der Waals surface area contributed by atoms with Gasteiger partial charge in [-0.1, -0.05) is 31.5 Å². The zero-order chi connectivity index (χ0) is 13.3. The van der Waals surface area contributed by atoms with Gasteiger partial charge in [-0.25, -0.2) is 0 Å². The van der Waals surface area contributed by atoms with Crippen molar-refractivity contribution in [1.29, 1.82) is 0 Å². The molecule has 2 amide bonds. The molecule has 1 N–H and O–H groups in total. The van der Waals surface area contributed by atoms with E-state index < -0.39 is 6.04 Å². The minimum absolute atomic E-state index is 0.0354. The van der Waals surface area contributed by atoms with Gasteiger partial charge >= 0.3 is 0 Å². The number of halogens is 1. The zero-order valence-corrected chi connectivity index (χ0v) is 11.1. The maximum absolute atomic E-state index is 12.0. The highest BCUT2D eigenvalue weighted by molar-refractivity contribution is 6.31. The van der Waals surface area contributed by atoms with Gasteiger partial charge < -0.3 is 5.32 Å². The van der Waals surface area contributed by atoms with E-state index >= 15 is 0 Å². The summed E-state index contributed by atoms with van der Waals surface area (Å²) < 4.78 is 0. The second-order valence-corrected chi connectivity index (χ2v) is 5.09. The van der Waals surface area contributed by atoms with E-state index in [1.165, 1.54) is 4.90 Å². The number of nitrogens with zero attached hydrogens (tertiary/aromatic N) is 1. The van der Waals surface area contributed by atoms with Gasteiger partial charge in [0.15, 0.2) is 0 Å². The lowest BCUT2D eigenvalue weighted by Gasteiger charge is -2.37. The van der Waals surface area contributed by atoms with E-state index in [1.807, 2.05) is 13.8 Å². The molecule has 18 heavy (non-hydrogen) atoms. The first-order chi connectivity index (χ1) is 8.50. The van der Waals surface area contributed by atoms with Crippen LogP contribution in [0.2, 0.25) is 5.02 Å². The third-order valence-electron chi connectivity index (χ3n) is 2.95. The van der Waals surface area contributed by atoms with Crippen molar-refractivity contribution in [2.24, 2.45) is 5.92 Å². The fourth-order valence-corrected chi connectivity index (χ4v) is 2.34. The van der Waals surface area contributed by atoms with Crippen molar-refractivity contribution in [1.82, 2.24) is 5.32 Å². The van der Waals surface area contributed by atoms with Crippen LogP contribution in [-0.2, 0) is 9.59 Å². The summed E-state index contributed by atoms with van der Waals surface area (Å²) in [5.41, 5.74) is 0.668. The van der Waals surface area contributed by atoms with Crippen molar-refractivity contribution >= 4 is 29.1 Å². The highest BCUT2D eigenvalue weighted by Crippen LogP contribution is 2.26. The normalized spacial score (nSPS) is 20.2. The summed E-state index contributed by atoms with van der Waals surface area (Å²) in [7, 11) is 0. The van der Waals surface area contributed by atoms with E-state index in [0.717, 1.165) is 0 Å². The summed E-state index contributed by atoms with van der Waals surface area (Å²) in [6, 6.07) is 6.52. The molecule has 1 heterocycles. The monoisotopic (exact) mass is 266 g/mol. The summed E-state index contributed by atoms with van der Waals surface area (Å²) in [4.78, 5) is 25.5. The SMILES string of the molecule is CC(C)C1C(=O)NCC(=O)N1c1cccc(Cl)c1. The smallest absolute Gasteiger partial charge is 0.247 e. The Morgan fingerprint density at radius 1 is 1.39 bits per heavy atom. The van der Waals surface area contributed by atoms with Crippen LogP contribution in [0.3, 0.4) is 0 Å². The zero-order valence-electron chi connectivity index (χ0n) is 10.3. The van der Waals surface area contributed by atoms with Crippen LogP contribution >= 0.6 is 11.6 Å². The molecular weight excluding hydrogens is 252 g/mol. The molecule has 0 saturated carbocycles. The predicted molar refractivity (Wildman–Crippen MR) is 70.6 cm³/mol. The number of piperazine rings is 1. The third kappa shape index (κ3) is 2.34. The molecule has 0 aromatic heterocycles. The second-order valence-electron chi connectivity index (χ2n) is 4.65. The molecule has 1 aliphatic heterocycles. The van der Waals surface area contributed by atoms with Crippen LogP contribution in [0.15, 0.2) is 24.3 Å². The molecule has 0 aliphatic carbocycles. The number of hydrogen-bond donors (Lipinski definition) is 1. The Labute approximate surface area is 111 Å². The minimum atomic E-state index is -0.482.